The summed E-state index contributed by atoms with van der Waals surface area (Å²) in [5.41, 5.74) is 5.74. The van der Waals surface area contributed by atoms with Gasteiger partial charge in [-0.15, -0.1) is 6.58 Å². The fraction of sp³-hybridized carbons (Fsp3) is 0.133. The molecule has 108 valence electrons. The molecule has 0 radical (unpaired) electrons. The minimum Gasteiger partial charge on any atom is -0.358 e. The molecule has 0 saturated heterocycles. The zero-order valence-corrected chi connectivity index (χ0v) is 12.6. The second-order valence-corrected chi connectivity index (χ2v) is 4.73. The lowest BCUT2D eigenvalue weighted by Crippen LogP contribution is -2.32. The van der Waals surface area contributed by atoms with Gasteiger partial charge < -0.3 is 9.88 Å². The topological polar surface area (TPSA) is 54.2 Å². The van der Waals surface area contributed by atoms with Gasteiger partial charge in [0, 0.05) is 24.6 Å². The largest absolute Gasteiger partial charge is 0.358 e. The van der Waals surface area contributed by atoms with E-state index in [-0.39, 0.29) is 0 Å². The van der Waals surface area contributed by atoms with Gasteiger partial charge in [-0.25, -0.2) is 4.98 Å². The zero-order chi connectivity index (χ0) is 15.1. The number of nitrogens with one attached hydrogen (secondary N) is 2. The van der Waals surface area contributed by atoms with Crippen LogP contribution in [0.1, 0.15) is 12.5 Å². The third-order valence-corrected chi connectivity index (χ3v) is 3.06. The Kier molecular flexibility index (Phi) is 5.22. The van der Waals surface area contributed by atoms with Crippen molar-refractivity contribution in [3.8, 4) is 5.69 Å². The van der Waals surface area contributed by atoms with Gasteiger partial charge >= 0.3 is 0 Å². The molecule has 6 heteroatoms. The van der Waals surface area contributed by atoms with Crippen LogP contribution in [0.15, 0.2) is 60.7 Å². The third-order valence-electron chi connectivity index (χ3n) is 2.82. The van der Waals surface area contributed by atoms with E-state index in [1.807, 2.05) is 42.0 Å². The van der Waals surface area contributed by atoms with Crippen LogP contribution in [-0.4, -0.2) is 26.9 Å². The summed E-state index contributed by atoms with van der Waals surface area (Å²) in [5, 5.41) is 7.68. The van der Waals surface area contributed by atoms with Crippen molar-refractivity contribution in [3.05, 3.63) is 61.2 Å². The quantitative estimate of drug-likeness (QED) is 0.385. The van der Waals surface area contributed by atoms with Crippen molar-refractivity contribution in [2.45, 2.75) is 6.92 Å². The molecule has 0 spiro atoms. The van der Waals surface area contributed by atoms with E-state index < -0.39 is 0 Å². The molecule has 0 aliphatic rings. The number of hydrogen-bond donors (Lipinski definition) is 2. The summed E-state index contributed by atoms with van der Waals surface area (Å²) in [4.78, 5) is 4.03. The van der Waals surface area contributed by atoms with Crippen LogP contribution in [0, 0.1) is 0 Å². The van der Waals surface area contributed by atoms with Crippen molar-refractivity contribution in [2.75, 3.05) is 6.54 Å². The predicted molar refractivity (Wildman–Crippen MR) is 89.7 cm³/mol. The molecular formula is C15H17N5S. The zero-order valence-electron chi connectivity index (χ0n) is 11.8. The van der Waals surface area contributed by atoms with Gasteiger partial charge in [-0.05, 0) is 36.8 Å². The molecule has 0 unspecified atom stereocenters. The van der Waals surface area contributed by atoms with Crippen molar-refractivity contribution in [3.63, 3.8) is 0 Å². The Balaban J connectivity index is 2.01. The molecule has 2 rings (SSSR count). The van der Waals surface area contributed by atoms with E-state index in [1.165, 1.54) is 0 Å². The SMILES string of the molecule is C=CCNC(=S)N/N=C(/C)c1ccc(-n2ccnc2)cc1. The second kappa shape index (κ2) is 7.35. The molecule has 1 heterocycles. The van der Waals surface area contributed by atoms with Crippen LogP contribution < -0.4 is 10.7 Å². The highest BCUT2D eigenvalue weighted by Gasteiger charge is 2.00. The third kappa shape index (κ3) is 4.25. The fourth-order valence-electron chi connectivity index (χ4n) is 1.69. The van der Waals surface area contributed by atoms with Crippen molar-refractivity contribution in [1.82, 2.24) is 20.3 Å². The molecule has 5 nitrogen and oxygen atoms in total. The predicted octanol–water partition coefficient (Wildman–Crippen LogP) is 2.25. The molecule has 0 aliphatic heterocycles. The number of imidazole rings is 1. The molecular weight excluding hydrogens is 282 g/mol. The Morgan fingerprint density at radius 2 is 2.19 bits per heavy atom. The highest BCUT2D eigenvalue weighted by Crippen LogP contribution is 2.09. The maximum absolute atomic E-state index is 5.08. The lowest BCUT2D eigenvalue weighted by molar-refractivity contribution is 0.936. The summed E-state index contributed by atoms with van der Waals surface area (Å²) in [6, 6.07) is 8.06. The van der Waals surface area contributed by atoms with Crippen LogP contribution >= 0.6 is 12.2 Å². The molecule has 0 aliphatic carbocycles. The number of benzene rings is 1. The van der Waals surface area contributed by atoms with E-state index >= 15 is 0 Å². The van der Waals surface area contributed by atoms with E-state index in [9.17, 15) is 0 Å². The van der Waals surface area contributed by atoms with Gasteiger partial charge in [0.2, 0.25) is 0 Å². The van der Waals surface area contributed by atoms with Crippen LogP contribution in [0.3, 0.4) is 0 Å². The minimum atomic E-state index is 0.476. The number of thiocarbonyl (C=S) groups is 1. The van der Waals surface area contributed by atoms with E-state index in [2.05, 4.69) is 27.4 Å². The molecule has 0 fully saturated rings. The van der Waals surface area contributed by atoms with E-state index in [0.717, 1.165) is 17.0 Å². The highest BCUT2D eigenvalue weighted by molar-refractivity contribution is 7.80. The maximum Gasteiger partial charge on any atom is 0.187 e. The summed E-state index contributed by atoms with van der Waals surface area (Å²) in [7, 11) is 0. The highest BCUT2D eigenvalue weighted by atomic mass is 32.1. The summed E-state index contributed by atoms with van der Waals surface area (Å²) < 4.78 is 1.95. The Labute approximate surface area is 129 Å². The maximum atomic E-state index is 5.08. The Bertz CT molecular complexity index is 629. The van der Waals surface area contributed by atoms with Crippen LogP contribution in [0.5, 0.6) is 0 Å². The van der Waals surface area contributed by atoms with Crippen LogP contribution in [0.4, 0.5) is 0 Å². The summed E-state index contributed by atoms with van der Waals surface area (Å²) in [6.45, 7) is 6.15. The van der Waals surface area contributed by atoms with Crippen molar-refractivity contribution < 1.29 is 0 Å². The van der Waals surface area contributed by atoms with Crippen molar-refractivity contribution in [2.24, 2.45) is 5.10 Å². The summed E-state index contributed by atoms with van der Waals surface area (Å²) in [6.07, 6.45) is 7.16. The smallest absolute Gasteiger partial charge is 0.187 e. The molecule has 0 saturated carbocycles. The van der Waals surface area contributed by atoms with Gasteiger partial charge in [-0.3, -0.25) is 5.43 Å². The molecule has 1 aromatic heterocycles. The average molecular weight is 299 g/mol. The van der Waals surface area contributed by atoms with E-state index in [4.69, 9.17) is 12.2 Å². The molecule has 0 bridgehead atoms. The fourth-order valence-corrected chi connectivity index (χ4v) is 1.82. The van der Waals surface area contributed by atoms with Crippen LogP contribution in [0.25, 0.3) is 5.69 Å². The number of hydrazone groups is 1. The van der Waals surface area contributed by atoms with Crippen LogP contribution in [0.2, 0.25) is 0 Å². The molecule has 0 atom stereocenters. The summed E-state index contributed by atoms with van der Waals surface area (Å²) in [5.74, 6) is 0. The lowest BCUT2D eigenvalue weighted by Gasteiger charge is -2.07. The van der Waals surface area contributed by atoms with Gasteiger partial charge in [-0.2, -0.15) is 5.10 Å². The molecule has 21 heavy (non-hydrogen) atoms. The van der Waals surface area contributed by atoms with Gasteiger partial charge in [0.25, 0.3) is 0 Å². The first-order valence-electron chi connectivity index (χ1n) is 6.48. The molecule has 2 N–H and O–H groups in total. The number of nitrogens with zero attached hydrogens (tertiary/aromatic N) is 3. The van der Waals surface area contributed by atoms with Gasteiger partial charge in [-0.1, -0.05) is 18.2 Å². The Morgan fingerprint density at radius 3 is 2.81 bits per heavy atom. The van der Waals surface area contributed by atoms with E-state index in [0.29, 0.717) is 11.7 Å². The number of hydrogen-bond acceptors (Lipinski definition) is 3. The normalized spacial score (nSPS) is 11.0. The molecule has 2 aromatic rings. The number of rotatable bonds is 5. The molecule has 0 amide bonds. The Morgan fingerprint density at radius 1 is 1.43 bits per heavy atom. The first kappa shape index (κ1) is 14.9. The summed E-state index contributed by atoms with van der Waals surface area (Å²) >= 11 is 5.08. The van der Waals surface area contributed by atoms with E-state index in [1.54, 1.807) is 18.6 Å². The lowest BCUT2D eigenvalue weighted by atomic mass is 10.1. The first-order valence-corrected chi connectivity index (χ1v) is 6.89. The van der Waals surface area contributed by atoms with Gasteiger partial charge in [0.05, 0.1) is 12.0 Å². The average Bonchev–Trinajstić information content (AvgIpc) is 3.05. The van der Waals surface area contributed by atoms with Gasteiger partial charge in [0.1, 0.15) is 0 Å². The minimum absolute atomic E-state index is 0.476. The molecule has 1 aromatic carbocycles. The standard InChI is InChI=1S/C15H17N5S/c1-3-8-17-15(21)19-18-12(2)13-4-6-14(7-5-13)20-10-9-16-11-20/h3-7,9-11H,1,8H2,2H3,(H2,17,19,21)/b18-12-. The first-order chi connectivity index (χ1) is 10.2. The van der Waals surface area contributed by atoms with Gasteiger partial charge in [0.15, 0.2) is 5.11 Å². The second-order valence-electron chi connectivity index (χ2n) is 4.32. The number of aromatic nitrogens is 2. The van der Waals surface area contributed by atoms with Crippen LogP contribution in [-0.2, 0) is 0 Å². The van der Waals surface area contributed by atoms with Crippen molar-refractivity contribution >= 4 is 23.0 Å². The van der Waals surface area contributed by atoms with Crippen molar-refractivity contribution in [1.29, 1.82) is 0 Å². The monoisotopic (exact) mass is 299 g/mol. The Hall–Kier alpha value is -2.47.